The molecule has 530 valence electrons. The summed E-state index contributed by atoms with van der Waals surface area (Å²) in [6.45, 7) is 26.2. The van der Waals surface area contributed by atoms with Gasteiger partial charge < -0.3 is 50.1 Å². The molecule has 3 aliphatic rings. The van der Waals surface area contributed by atoms with Crippen LogP contribution in [0.5, 0.6) is 0 Å². The Morgan fingerprint density at radius 1 is 0.454 bits per heavy atom. The van der Waals surface area contributed by atoms with Gasteiger partial charge in [-0.05, 0) is 120 Å². The predicted octanol–water partition coefficient (Wildman–Crippen LogP) is 11.4. The molecule has 9 rings (SSSR count). The zero-order valence-electron chi connectivity index (χ0n) is 59.3. The summed E-state index contributed by atoms with van der Waals surface area (Å²) in [6, 6.07) is 23.1. The number of hydrogen-bond donors (Lipinski definition) is 4. The molecule has 6 aromatic rings. The summed E-state index contributed by atoms with van der Waals surface area (Å²) in [7, 11) is 0. The predicted molar refractivity (Wildman–Crippen MR) is 370 cm³/mol. The van der Waals surface area contributed by atoms with Gasteiger partial charge in [0.2, 0.25) is 29.5 Å². The molecule has 0 bridgehead atoms. The zero-order valence-corrected chi connectivity index (χ0v) is 59.3. The van der Waals surface area contributed by atoms with Crippen LogP contribution in [0.2, 0.25) is 0 Å². The van der Waals surface area contributed by atoms with Crippen LogP contribution >= 0.6 is 0 Å². The smallest absolute Gasteiger partial charge is 0.373 e. The largest absolute Gasteiger partial charge is 0.461 e. The van der Waals surface area contributed by atoms with Gasteiger partial charge in [0.25, 0.3) is 0 Å². The van der Waals surface area contributed by atoms with Crippen molar-refractivity contribution in [1.82, 2.24) is 25.3 Å². The van der Waals surface area contributed by atoms with Gasteiger partial charge in [-0.2, -0.15) is 28.8 Å². The van der Waals surface area contributed by atoms with Crippen molar-refractivity contribution < 1.29 is 66.0 Å². The van der Waals surface area contributed by atoms with Gasteiger partial charge in [0.05, 0.1) is 12.1 Å². The summed E-state index contributed by atoms with van der Waals surface area (Å²) < 4.78 is 18.6. The highest BCUT2D eigenvalue weighted by Gasteiger charge is 2.39. The minimum absolute atomic E-state index is 0.00518. The molecule has 3 saturated heterocycles. The van der Waals surface area contributed by atoms with Crippen LogP contribution < -0.4 is 22.1 Å². The van der Waals surface area contributed by atoms with Crippen LogP contribution in [0.4, 0.5) is 0 Å². The Morgan fingerprint density at radius 3 is 1.01 bits per heavy atom. The number of amides is 5. The van der Waals surface area contributed by atoms with E-state index in [1.807, 2.05) is 113 Å². The van der Waals surface area contributed by atoms with Crippen molar-refractivity contribution in [2.75, 3.05) is 19.6 Å². The SMILES string of the molecule is CCCCc1oc2ccccc2c1C[C@@H]1CCCN1C(=O)[C@@H](N)C(C)C.CCCCc1oc2ccccc2c1C[C@@H]1CCCN1C(=O)[C@@H](NC(=O)C(C)C)C(C)C.CCCCc1oc2ccccc2c1C[C@@H]1CCCN1C(=O)[C@@H](NC(=O)[C@H](C)N)C(C)C.O=C=O.O=C=O.O=C=O. The Bertz CT molecular complexity index is 3370. The number of nitrogens with zero attached hydrogens (tertiary/aromatic N) is 3. The number of likely N-dealkylation sites (tertiary alicyclic amines) is 3. The molecule has 6 heterocycles. The van der Waals surface area contributed by atoms with Crippen molar-refractivity contribution in [3.8, 4) is 0 Å². The highest BCUT2D eigenvalue weighted by molar-refractivity contribution is 5.91. The van der Waals surface area contributed by atoms with Gasteiger partial charge in [0.15, 0.2) is 0 Å². The molecule has 21 heteroatoms. The number of fused-ring (bicyclic) bond motifs is 3. The van der Waals surface area contributed by atoms with Crippen molar-refractivity contribution in [2.24, 2.45) is 35.1 Å². The molecule has 3 aliphatic heterocycles. The zero-order chi connectivity index (χ0) is 71.9. The van der Waals surface area contributed by atoms with E-state index in [9.17, 15) is 24.0 Å². The van der Waals surface area contributed by atoms with Crippen LogP contribution in [0.3, 0.4) is 0 Å². The summed E-state index contributed by atoms with van der Waals surface area (Å²) in [6.07, 6.45) is 18.7. The molecular formula is C76H107N7O14. The molecule has 97 heavy (non-hydrogen) atoms. The van der Waals surface area contributed by atoms with Crippen LogP contribution in [0, 0.1) is 23.7 Å². The van der Waals surface area contributed by atoms with Gasteiger partial charge in [-0.25, -0.2) is 0 Å². The first-order chi connectivity index (χ1) is 46.4. The lowest BCUT2D eigenvalue weighted by atomic mass is 9.97. The monoisotopic (exact) mass is 1340 g/mol. The number of benzene rings is 3. The van der Waals surface area contributed by atoms with E-state index in [0.29, 0.717) is 0 Å². The van der Waals surface area contributed by atoms with Crippen LogP contribution in [0.25, 0.3) is 32.9 Å². The maximum absolute atomic E-state index is 13.5. The lowest BCUT2D eigenvalue weighted by Gasteiger charge is -2.31. The fraction of sp³-hybridized carbons (Fsp3) is 0.579. The number of rotatable bonds is 25. The van der Waals surface area contributed by atoms with Gasteiger partial charge in [-0.3, -0.25) is 24.0 Å². The second-order valence-electron chi connectivity index (χ2n) is 26.8. The number of para-hydroxylation sites is 3. The Balaban J connectivity index is 0.000000292. The van der Waals surface area contributed by atoms with Crippen LogP contribution in [0.1, 0.15) is 194 Å². The van der Waals surface area contributed by atoms with E-state index in [0.717, 1.165) is 175 Å². The Hall–Kier alpha value is -8.31. The second-order valence-corrected chi connectivity index (χ2v) is 26.8. The van der Waals surface area contributed by atoms with E-state index < -0.39 is 24.2 Å². The van der Waals surface area contributed by atoms with Crippen molar-refractivity contribution in [3.63, 3.8) is 0 Å². The van der Waals surface area contributed by atoms with E-state index >= 15 is 0 Å². The van der Waals surface area contributed by atoms with E-state index in [1.54, 1.807) is 6.92 Å². The van der Waals surface area contributed by atoms with Gasteiger partial charge in [-0.15, -0.1) is 0 Å². The minimum atomic E-state index is -0.637. The first-order valence-electron chi connectivity index (χ1n) is 34.9. The van der Waals surface area contributed by atoms with Gasteiger partial charge in [-0.1, -0.05) is 150 Å². The normalized spacial score (nSPS) is 16.8. The first-order valence-corrected chi connectivity index (χ1v) is 34.9. The Kier molecular flexibility index (Phi) is 34.9. The van der Waals surface area contributed by atoms with Crippen molar-refractivity contribution >= 4 is 80.9 Å². The maximum Gasteiger partial charge on any atom is 0.373 e. The summed E-state index contributed by atoms with van der Waals surface area (Å²) in [5, 5.41) is 9.38. The molecular weight excluding hydrogens is 1230 g/mol. The fourth-order valence-corrected chi connectivity index (χ4v) is 12.9. The molecule has 6 N–H and O–H groups in total. The maximum atomic E-state index is 13.5. The minimum Gasteiger partial charge on any atom is -0.461 e. The van der Waals surface area contributed by atoms with E-state index in [4.69, 9.17) is 53.5 Å². The average Bonchev–Trinajstić information content (AvgIpc) is 1.70. The lowest BCUT2D eigenvalue weighted by molar-refractivity contribution is -0.193. The Morgan fingerprint density at radius 2 is 0.742 bits per heavy atom. The number of aryl methyl sites for hydroxylation is 3. The van der Waals surface area contributed by atoms with E-state index in [1.165, 1.54) is 27.5 Å². The first kappa shape index (κ1) is 81.1. The average molecular weight is 1340 g/mol. The second kappa shape index (κ2) is 41.7. The quantitative estimate of drug-likeness (QED) is 0.0414. The molecule has 7 atom stereocenters. The van der Waals surface area contributed by atoms with Crippen LogP contribution in [-0.2, 0) is 91.3 Å². The lowest BCUT2D eigenvalue weighted by Crippen LogP contribution is -2.55. The number of nitrogens with one attached hydrogen (secondary N) is 2. The molecule has 21 nitrogen and oxygen atoms in total. The number of hydrogen-bond acceptors (Lipinski definition) is 16. The molecule has 3 aromatic carbocycles. The molecule has 0 spiro atoms. The van der Waals surface area contributed by atoms with Gasteiger partial charge >= 0.3 is 18.5 Å². The highest BCUT2D eigenvalue weighted by atomic mass is 16.3. The summed E-state index contributed by atoms with van der Waals surface area (Å²) in [5.41, 5.74) is 18.5. The number of nitrogens with two attached hydrogens (primary N) is 2. The molecule has 0 saturated carbocycles. The Labute approximate surface area is 572 Å². The third-order valence-corrected chi connectivity index (χ3v) is 18.3. The van der Waals surface area contributed by atoms with E-state index in [2.05, 4.69) is 61.7 Å². The molecule has 0 aliphatic carbocycles. The van der Waals surface area contributed by atoms with Crippen molar-refractivity contribution in [2.45, 2.75) is 241 Å². The molecule has 5 amide bonds. The molecule has 3 aromatic heterocycles. The van der Waals surface area contributed by atoms with Gasteiger partial charge in [0, 0.05) is 95.8 Å². The summed E-state index contributed by atoms with van der Waals surface area (Å²) in [4.78, 5) is 119. The van der Waals surface area contributed by atoms with Gasteiger partial charge in [0.1, 0.15) is 46.1 Å². The number of carbonyl (C=O) groups excluding carboxylic acids is 11. The fourth-order valence-electron chi connectivity index (χ4n) is 12.9. The van der Waals surface area contributed by atoms with Crippen molar-refractivity contribution in [3.05, 3.63) is 107 Å². The van der Waals surface area contributed by atoms with Crippen LogP contribution in [-0.4, -0.2) is 125 Å². The van der Waals surface area contributed by atoms with Crippen molar-refractivity contribution in [1.29, 1.82) is 0 Å². The molecule has 3 fully saturated rings. The third kappa shape index (κ3) is 23.2. The number of unbranched alkanes of at least 4 members (excludes halogenated alkanes) is 3. The topological polar surface area (TPSA) is 313 Å². The highest BCUT2D eigenvalue weighted by Crippen LogP contribution is 2.36. The summed E-state index contributed by atoms with van der Waals surface area (Å²) >= 11 is 0. The summed E-state index contributed by atoms with van der Waals surface area (Å²) in [5.74, 6) is 3.08. The number of carbonyl (C=O) groups is 5. The molecule has 0 radical (unpaired) electrons. The van der Waals surface area contributed by atoms with Crippen LogP contribution in [0.15, 0.2) is 86.0 Å². The molecule has 0 unspecified atom stereocenters. The number of furan rings is 3. The standard InChI is InChI=1S/C26H38N2O3.C25H37N3O3.C22H32N2O2.3CO2/c1-6-7-13-23-21(20-12-8-9-14-22(20)31-23)16-19-11-10-15-28(19)26(30)24(17(2)3)27-25(29)18(4)5;1-5-6-12-22-20(19-11-7-8-13-21(19)31-22)15-18-10-9-14-28(18)25(30)23(16(2)3)27-24(29)17(4)26;1-4-5-11-20-18(17-10-6-7-12-19(17)26-20)14-16-9-8-13-24(16)22(25)21(23)15(2)3;3*2-1-3/h8-9,12,14,17-19,24H,6-7,10-11,13,15-16H2,1-5H3,(H,27,29);7-8,11,13,16-18,23H,5-6,9-10,12,14-15,26H2,1-4H3,(H,27,29);6-7,10,12,15-16,21H,4-5,8-9,11,13-14,23H2,1-3H3;;;/t19-,24-;17-,18-,23-;16-,21-;;;/m000.../s1. The third-order valence-electron chi connectivity index (χ3n) is 18.3. The van der Waals surface area contributed by atoms with E-state index in [-0.39, 0.29) is 89.8 Å².